The zero-order chi connectivity index (χ0) is 15.9. The van der Waals surface area contributed by atoms with Gasteiger partial charge in [0, 0.05) is 18.0 Å². The Balaban J connectivity index is 1.96. The lowest BCUT2D eigenvalue weighted by molar-refractivity contribution is -0.152. The van der Waals surface area contributed by atoms with E-state index < -0.39 is 0 Å². The predicted molar refractivity (Wildman–Crippen MR) is 88.5 cm³/mol. The van der Waals surface area contributed by atoms with E-state index in [1.165, 1.54) is 0 Å². The lowest BCUT2D eigenvalue weighted by Crippen LogP contribution is -2.49. The molecule has 0 unspecified atom stereocenters. The van der Waals surface area contributed by atoms with E-state index in [4.69, 9.17) is 27.9 Å². The molecule has 2 aliphatic heterocycles. The normalized spacial score (nSPS) is 31.3. The minimum absolute atomic E-state index is 0.0872. The quantitative estimate of drug-likeness (QED) is 0.774. The number of piperidine rings is 1. The Kier molecular flexibility index (Phi) is 4.67. The van der Waals surface area contributed by atoms with Crippen LogP contribution >= 0.6 is 23.2 Å². The van der Waals surface area contributed by atoms with Crippen LogP contribution in [0.3, 0.4) is 0 Å². The summed E-state index contributed by atoms with van der Waals surface area (Å²) in [5.41, 5.74) is 1.09. The second-order valence-electron chi connectivity index (χ2n) is 6.26. The van der Waals surface area contributed by atoms with Crippen LogP contribution in [0.2, 0.25) is 10.0 Å². The molecule has 3 nitrogen and oxygen atoms in total. The third kappa shape index (κ3) is 2.75. The van der Waals surface area contributed by atoms with Crippen molar-refractivity contribution in [1.82, 2.24) is 4.90 Å². The van der Waals surface area contributed by atoms with Crippen molar-refractivity contribution >= 4 is 29.2 Å². The molecule has 4 atom stereocenters. The molecule has 120 valence electrons. The van der Waals surface area contributed by atoms with Gasteiger partial charge in [0.2, 0.25) is 0 Å². The van der Waals surface area contributed by atoms with Gasteiger partial charge in [-0.15, -0.1) is 0 Å². The summed E-state index contributed by atoms with van der Waals surface area (Å²) < 4.78 is 5.36. The third-order valence-corrected chi connectivity index (χ3v) is 5.94. The fraction of sp³-hybridized carbons (Fsp3) is 0.588. The maximum absolute atomic E-state index is 12.6. The van der Waals surface area contributed by atoms with Crippen molar-refractivity contribution in [3.8, 4) is 0 Å². The van der Waals surface area contributed by atoms with Gasteiger partial charge in [0.05, 0.1) is 22.6 Å². The van der Waals surface area contributed by atoms with Crippen LogP contribution in [-0.2, 0) is 9.53 Å². The molecule has 0 aromatic heterocycles. The number of benzene rings is 1. The molecule has 0 spiro atoms. The molecule has 0 radical (unpaired) electrons. The first-order valence-electron chi connectivity index (χ1n) is 7.86. The molecule has 2 heterocycles. The summed E-state index contributed by atoms with van der Waals surface area (Å²) in [5, 5.41) is 1.10. The molecule has 3 rings (SSSR count). The fourth-order valence-electron chi connectivity index (χ4n) is 4.11. The van der Waals surface area contributed by atoms with Gasteiger partial charge in [0.25, 0.3) is 0 Å². The van der Waals surface area contributed by atoms with Crippen molar-refractivity contribution in [2.45, 2.75) is 44.2 Å². The van der Waals surface area contributed by atoms with Crippen molar-refractivity contribution in [3.05, 3.63) is 33.8 Å². The maximum Gasteiger partial charge on any atom is 0.311 e. The summed E-state index contributed by atoms with van der Waals surface area (Å²) in [5.74, 6) is -0.0563. The van der Waals surface area contributed by atoms with E-state index in [2.05, 4.69) is 11.9 Å². The first-order valence-corrected chi connectivity index (χ1v) is 8.62. The van der Waals surface area contributed by atoms with Gasteiger partial charge < -0.3 is 4.74 Å². The van der Waals surface area contributed by atoms with Crippen molar-refractivity contribution in [2.24, 2.45) is 5.92 Å². The van der Waals surface area contributed by atoms with Crippen LogP contribution in [0.5, 0.6) is 0 Å². The molecule has 5 heteroatoms. The number of rotatable bonds is 3. The Morgan fingerprint density at radius 2 is 2.09 bits per heavy atom. The first-order chi connectivity index (χ1) is 10.5. The van der Waals surface area contributed by atoms with Gasteiger partial charge in [0.15, 0.2) is 0 Å². The van der Waals surface area contributed by atoms with E-state index in [1.54, 1.807) is 0 Å². The van der Waals surface area contributed by atoms with Crippen molar-refractivity contribution in [2.75, 3.05) is 13.7 Å². The number of nitrogens with zero attached hydrogens (tertiary/aromatic N) is 1. The van der Waals surface area contributed by atoms with Gasteiger partial charge in [-0.1, -0.05) is 29.3 Å². The summed E-state index contributed by atoms with van der Waals surface area (Å²) in [4.78, 5) is 14.9. The number of halogens is 2. The number of carbonyl (C=O) groups excluding carboxylic acids is 1. The highest BCUT2D eigenvalue weighted by atomic mass is 35.5. The van der Waals surface area contributed by atoms with E-state index in [0.717, 1.165) is 24.8 Å². The Hall–Kier alpha value is -0.770. The Bertz CT molecular complexity index is 578. The Morgan fingerprint density at radius 1 is 1.32 bits per heavy atom. The van der Waals surface area contributed by atoms with Gasteiger partial charge in [-0.25, -0.2) is 0 Å². The van der Waals surface area contributed by atoms with E-state index in [-0.39, 0.29) is 23.8 Å². The highest BCUT2D eigenvalue weighted by Crippen LogP contribution is 2.47. The molecule has 1 aromatic rings. The fourth-order valence-corrected chi connectivity index (χ4v) is 4.42. The average molecular weight is 342 g/mol. The molecule has 0 saturated carbocycles. The number of esters is 1. The topological polar surface area (TPSA) is 29.5 Å². The molecule has 0 N–H and O–H groups in total. The largest absolute Gasteiger partial charge is 0.466 e. The first kappa shape index (κ1) is 16.1. The maximum atomic E-state index is 12.6. The van der Waals surface area contributed by atoms with Gasteiger partial charge in [-0.05, 0) is 50.9 Å². The number of hydrogen-bond acceptors (Lipinski definition) is 3. The molecule has 2 bridgehead atoms. The third-order valence-electron chi connectivity index (χ3n) is 5.20. The van der Waals surface area contributed by atoms with E-state index >= 15 is 0 Å². The average Bonchev–Trinajstić information content (AvgIpc) is 2.73. The smallest absolute Gasteiger partial charge is 0.311 e. The van der Waals surface area contributed by atoms with Crippen LogP contribution in [0.25, 0.3) is 0 Å². The lowest BCUT2D eigenvalue weighted by Gasteiger charge is -2.42. The highest BCUT2D eigenvalue weighted by molar-refractivity contribution is 6.42. The van der Waals surface area contributed by atoms with Gasteiger partial charge in [0.1, 0.15) is 0 Å². The second-order valence-corrected chi connectivity index (χ2v) is 7.07. The molecule has 0 aliphatic carbocycles. The van der Waals surface area contributed by atoms with Crippen LogP contribution in [0.4, 0.5) is 0 Å². The van der Waals surface area contributed by atoms with Crippen molar-refractivity contribution in [3.63, 3.8) is 0 Å². The standard InChI is InChI=1S/C17H21Cl2NO2/c1-3-22-17(21)16-12(9-11-5-7-15(16)20(11)2)10-4-6-13(18)14(19)8-10/h4,6,8,11-12,15-16H,3,5,7,9H2,1-2H3/t11-,12+,15+,16-/m0/s1. The lowest BCUT2D eigenvalue weighted by atomic mass is 9.76. The van der Waals surface area contributed by atoms with Crippen molar-refractivity contribution in [1.29, 1.82) is 0 Å². The van der Waals surface area contributed by atoms with Gasteiger partial charge in [-0.3, -0.25) is 9.69 Å². The molecule has 2 aliphatic rings. The number of carbonyl (C=O) groups is 1. The summed E-state index contributed by atoms with van der Waals surface area (Å²) in [7, 11) is 2.12. The molecule has 22 heavy (non-hydrogen) atoms. The van der Waals surface area contributed by atoms with E-state index in [0.29, 0.717) is 22.7 Å². The number of ether oxygens (including phenoxy) is 1. The van der Waals surface area contributed by atoms with E-state index in [9.17, 15) is 4.79 Å². The molecule has 2 fully saturated rings. The molecular formula is C17H21Cl2NO2. The summed E-state index contributed by atoms with van der Waals surface area (Å²) in [6.45, 7) is 2.28. The SMILES string of the molecule is CCOC(=O)[C@H]1[C@@H](c2ccc(Cl)c(Cl)c2)C[C@@H]2CC[C@H]1N2C. The van der Waals surface area contributed by atoms with Crippen LogP contribution in [0.15, 0.2) is 18.2 Å². The predicted octanol–water partition coefficient (Wildman–Crippen LogP) is 4.12. The molecular weight excluding hydrogens is 321 g/mol. The Morgan fingerprint density at radius 3 is 2.77 bits per heavy atom. The van der Waals surface area contributed by atoms with Crippen LogP contribution in [0.1, 0.15) is 37.7 Å². The second kappa shape index (κ2) is 6.38. The summed E-state index contributed by atoms with van der Waals surface area (Å²) >= 11 is 12.2. The van der Waals surface area contributed by atoms with Crippen LogP contribution in [0, 0.1) is 5.92 Å². The monoisotopic (exact) mass is 341 g/mol. The van der Waals surface area contributed by atoms with Crippen LogP contribution in [-0.4, -0.2) is 36.6 Å². The molecule has 0 amide bonds. The van der Waals surface area contributed by atoms with Crippen LogP contribution < -0.4 is 0 Å². The molecule has 1 aromatic carbocycles. The van der Waals surface area contributed by atoms with E-state index in [1.807, 2.05) is 25.1 Å². The number of hydrogen-bond donors (Lipinski definition) is 0. The zero-order valence-corrected chi connectivity index (χ0v) is 14.4. The van der Waals surface area contributed by atoms with Gasteiger partial charge >= 0.3 is 5.97 Å². The minimum atomic E-state index is -0.124. The minimum Gasteiger partial charge on any atom is -0.466 e. The Labute approximate surface area is 141 Å². The number of fused-ring (bicyclic) bond motifs is 2. The zero-order valence-electron chi connectivity index (χ0n) is 12.9. The summed E-state index contributed by atoms with van der Waals surface area (Å²) in [6, 6.07) is 6.52. The highest BCUT2D eigenvalue weighted by Gasteiger charge is 2.49. The molecule has 2 saturated heterocycles. The summed E-state index contributed by atoms with van der Waals surface area (Å²) in [6.07, 6.45) is 3.17. The van der Waals surface area contributed by atoms with Gasteiger partial charge in [-0.2, -0.15) is 0 Å². The van der Waals surface area contributed by atoms with Crippen molar-refractivity contribution < 1.29 is 9.53 Å².